The molecule has 0 saturated carbocycles. The van der Waals surface area contributed by atoms with Gasteiger partial charge in [0, 0.05) is 26.2 Å². The fourth-order valence-corrected chi connectivity index (χ4v) is 2.50. The Bertz CT molecular complexity index is 416. The number of hydrogen-bond donors (Lipinski definition) is 1. The van der Waals surface area contributed by atoms with Crippen LogP contribution in [0.5, 0.6) is 5.75 Å². The van der Waals surface area contributed by atoms with Crippen molar-refractivity contribution < 1.29 is 9.53 Å². The molecule has 3 heterocycles. The van der Waals surface area contributed by atoms with Gasteiger partial charge in [-0.05, 0) is 13.1 Å². The highest BCUT2D eigenvalue weighted by Crippen LogP contribution is 2.39. The average Bonchev–Trinajstić information content (AvgIpc) is 2.74. The molecule has 0 bridgehead atoms. The number of rotatable bonds is 0. The van der Waals surface area contributed by atoms with E-state index in [4.69, 9.17) is 4.74 Å². The van der Waals surface area contributed by atoms with Crippen molar-refractivity contribution >= 4 is 30.7 Å². The summed E-state index contributed by atoms with van der Waals surface area (Å²) in [5.74, 6) is 0.717. The van der Waals surface area contributed by atoms with Gasteiger partial charge in [-0.1, -0.05) is 0 Å². The van der Waals surface area contributed by atoms with Crippen LogP contribution >= 0.6 is 24.8 Å². The van der Waals surface area contributed by atoms with E-state index in [-0.39, 0.29) is 36.3 Å². The van der Waals surface area contributed by atoms with Crippen LogP contribution in [0.3, 0.4) is 0 Å². The summed E-state index contributed by atoms with van der Waals surface area (Å²) in [5.41, 5.74) is 0.871. The number of fused-ring (bicyclic) bond motifs is 1. The SMILES string of the molecule is CC(=O)n1cc2c(n1)CC1(CCNCC1)O2.Cl.Cl. The maximum absolute atomic E-state index is 11.2. The third kappa shape index (κ3) is 2.48. The summed E-state index contributed by atoms with van der Waals surface area (Å²) in [4.78, 5) is 11.2. The highest BCUT2D eigenvalue weighted by atomic mass is 35.5. The molecule has 1 saturated heterocycles. The average molecular weight is 294 g/mol. The molecule has 18 heavy (non-hydrogen) atoms. The van der Waals surface area contributed by atoms with Crippen LogP contribution < -0.4 is 10.1 Å². The summed E-state index contributed by atoms with van der Waals surface area (Å²) in [5, 5.41) is 7.59. The number of nitrogens with zero attached hydrogens (tertiary/aromatic N) is 2. The van der Waals surface area contributed by atoms with E-state index in [2.05, 4.69) is 10.4 Å². The van der Waals surface area contributed by atoms with Gasteiger partial charge in [-0.2, -0.15) is 5.10 Å². The Labute approximate surface area is 118 Å². The number of hydrogen-bond acceptors (Lipinski definition) is 4. The van der Waals surface area contributed by atoms with Crippen molar-refractivity contribution in [3.63, 3.8) is 0 Å². The summed E-state index contributed by atoms with van der Waals surface area (Å²) in [6.07, 6.45) is 4.58. The molecule has 0 radical (unpaired) electrons. The van der Waals surface area contributed by atoms with E-state index in [1.807, 2.05) is 0 Å². The lowest BCUT2D eigenvalue weighted by atomic mass is 9.89. The molecule has 5 nitrogen and oxygen atoms in total. The van der Waals surface area contributed by atoms with Crippen LogP contribution in [0.15, 0.2) is 6.20 Å². The Morgan fingerprint density at radius 3 is 2.67 bits per heavy atom. The second-order valence-corrected chi connectivity index (χ2v) is 4.62. The van der Waals surface area contributed by atoms with Gasteiger partial charge < -0.3 is 10.1 Å². The minimum Gasteiger partial charge on any atom is -0.483 e. The smallest absolute Gasteiger partial charge is 0.243 e. The van der Waals surface area contributed by atoms with E-state index < -0.39 is 0 Å². The Morgan fingerprint density at radius 1 is 1.44 bits per heavy atom. The lowest BCUT2D eigenvalue weighted by molar-refractivity contribution is 0.0581. The molecule has 2 aliphatic rings. The van der Waals surface area contributed by atoms with Crippen molar-refractivity contribution in [2.45, 2.75) is 31.8 Å². The van der Waals surface area contributed by atoms with Crippen LogP contribution in [0.4, 0.5) is 0 Å². The molecular weight excluding hydrogens is 277 g/mol. The highest BCUT2D eigenvalue weighted by molar-refractivity contribution is 5.85. The Balaban J connectivity index is 0.000000810. The third-order valence-electron chi connectivity index (χ3n) is 3.41. The number of carbonyl (C=O) groups is 1. The van der Waals surface area contributed by atoms with Crippen molar-refractivity contribution in [2.24, 2.45) is 0 Å². The zero-order valence-electron chi connectivity index (χ0n) is 10.1. The monoisotopic (exact) mass is 293 g/mol. The molecule has 1 spiro atoms. The molecule has 1 aromatic heterocycles. The van der Waals surface area contributed by atoms with Gasteiger partial charge in [0.25, 0.3) is 0 Å². The first kappa shape index (κ1) is 15.3. The van der Waals surface area contributed by atoms with E-state index in [9.17, 15) is 4.79 Å². The number of carbonyl (C=O) groups excluding carboxylic acids is 1. The van der Waals surface area contributed by atoms with Crippen LogP contribution in [0.2, 0.25) is 0 Å². The lowest BCUT2D eigenvalue weighted by Crippen LogP contribution is -2.45. The van der Waals surface area contributed by atoms with Crippen LogP contribution in [-0.2, 0) is 6.42 Å². The van der Waals surface area contributed by atoms with E-state index in [1.165, 1.54) is 11.6 Å². The predicted octanol–water partition coefficient (Wildman–Crippen LogP) is 1.44. The van der Waals surface area contributed by atoms with E-state index >= 15 is 0 Å². The summed E-state index contributed by atoms with van der Waals surface area (Å²) in [6, 6.07) is 0. The number of nitrogens with one attached hydrogen (secondary N) is 1. The topological polar surface area (TPSA) is 56.2 Å². The summed E-state index contributed by atoms with van der Waals surface area (Å²) in [6.45, 7) is 3.50. The number of halogens is 2. The molecule has 2 aliphatic heterocycles. The molecule has 0 aromatic carbocycles. The molecule has 1 fully saturated rings. The molecule has 0 amide bonds. The van der Waals surface area contributed by atoms with Gasteiger partial charge in [-0.25, -0.2) is 4.68 Å². The van der Waals surface area contributed by atoms with Gasteiger partial charge >= 0.3 is 0 Å². The quantitative estimate of drug-likeness (QED) is 0.787. The maximum Gasteiger partial charge on any atom is 0.243 e. The predicted molar refractivity (Wildman–Crippen MR) is 72.2 cm³/mol. The standard InChI is InChI=1S/C11H15N3O2.2ClH/c1-8(15)14-7-10-9(13-14)6-11(16-10)2-4-12-5-3-11;;/h7,12H,2-6H2,1H3;2*1H. The van der Waals surface area contributed by atoms with E-state index in [1.54, 1.807) is 6.20 Å². The Kier molecular flexibility index (Phi) is 4.64. The first-order valence-electron chi connectivity index (χ1n) is 5.68. The van der Waals surface area contributed by atoms with Crippen LogP contribution in [0.1, 0.15) is 30.3 Å². The van der Waals surface area contributed by atoms with Crippen molar-refractivity contribution in [1.82, 2.24) is 15.1 Å². The summed E-state index contributed by atoms with van der Waals surface area (Å²) in [7, 11) is 0. The van der Waals surface area contributed by atoms with Crippen LogP contribution in [0.25, 0.3) is 0 Å². The maximum atomic E-state index is 11.2. The van der Waals surface area contributed by atoms with Crippen LogP contribution in [-0.4, -0.2) is 34.4 Å². The fraction of sp³-hybridized carbons (Fsp3) is 0.636. The van der Waals surface area contributed by atoms with Gasteiger partial charge in [0.1, 0.15) is 11.3 Å². The molecule has 0 aliphatic carbocycles. The van der Waals surface area contributed by atoms with Gasteiger partial charge in [0.05, 0.1) is 6.20 Å². The minimum atomic E-state index is -0.0719. The molecule has 1 aromatic rings. The largest absolute Gasteiger partial charge is 0.483 e. The number of aromatic nitrogens is 2. The Morgan fingerprint density at radius 2 is 2.11 bits per heavy atom. The first-order chi connectivity index (χ1) is 7.69. The number of ether oxygens (including phenoxy) is 1. The van der Waals surface area contributed by atoms with Gasteiger partial charge in [0.2, 0.25) is 5.91 Å². The molecule has 0 unspecified atom stereocenters. The fourth-order valence-electron chi connectivity index (χ4n) is 2.50. The van der Waals surface area contributed by atoms with E-state index in [0.717, 1.165) is 43.8 Å². The Hall–Kier alpha value is -0.780. The zero-order valence-corrected chi connectivity index (χ0v) is 11.8. The van der Waals surface area contributed by atoms with Crippen LogP contribution in [0, 0.1) is 0 Å². The minimum absolute atomic E-state index is 0. The number of piperidine rings is 1. The second-order valence-electron chi connectivity index (χ2n) is 4.62. The zero-order chi connectivity index (χ0) is 11.2. The molecule has 3 rings (SSSR count). The van der Waals surface area contributed by atoms with Crippen molar-refractivity contribution in [3.05, 3.63) is 11.9 Å². The van der Waals surface area contributed by atoms with Crippen molar-refractivity contribution in [1.29, 1.82) is 0 Å². The second kappa shape index (κ2) is 5.47. The molecule has 1 N–H and O–H groups in total. The molecular formula is C11H17Cl2N3O2. The first-order valence-corrected chi connectivity index (χ1v) is 5.68. The van der Waals surface area contributed by atoms with Crippen molar-refractivity contribution in [3.8, 4) is 5.75 Å². The van der Waals surface area contributed by atoms with E-state index in [0.29, 0.717) is 0 Å². The van der Waals surface area contributed by atoms with Crippen molar-refractivity contribution in [2.75, 3.05) is 13.1 Å². The third-order valence-corrected chi connectivity index (χ3v) is 3.41. The summed E-state index contributed by atoms with van der Waals surface area (Å²) < 4.78 is 7.35. The van der Waals surface area contributed by atoms with Gasteiger partial charge in [0.15, 0.2) is 5.75 Å². The molecule has 0 atom stereocenters. The van der Waals surface area contributed by atoms with Gasteiger partial charge in [-0.3, -0.25) is 4.79 Å². The molecule has 102 valence electrons. The lowest BCUT2D eigenvalue weighted by Gasteiger charge is -2.33. The summed E-state index contributed by atoms with van der Waals surface area (Å²) >= 11 is 0. The molecule has 7 heteroatoms. The highest BCUT2D eigenvalue weighted by Gasteiger charge is 2.42. The van der Waals surface area contributed by atoms with Gasteiger partial charge in [-0.15, -0.1) is 24.8 Å². The normalized spacial score (nSPS) is 19.4.